The molecule has 7 heteroatoms. The number of carbonyl (C=O) groups excluding carboxylic acids is 1. The first kappa shape index (κ1) is 18.9. The summed E-state index contributed by atoms with van der Waals surface area (Å²) in [5.41, 5.74) is 0.394. The number of rotatable bonds is 4. The number of carbonyl (C=O) groups is 1. The maximum Gasteiger partial charge on any atom is 0.410 e. The Labute approximate surface area is 149 Å². The lowest BCUT2D eigenvalue weighted by molar-refractivity contribution is 0.00582. The van der Waals surface area contributed by atoms with Crippen LogP contribution in [0, 0.1) is 0 Å². The number of amides is 1. The van der Waals surface area contributed by atoms with E-state index in [2.05, 4.69) is 15.1 Å². The largest absolute Gasteiger partial charge is 0.444 e. The fraction of sp³-hybridized carbons (Fsp3) is 0.706. The Hall–Kier alpha value is -1.40. The average molecular weight is 355 g/mol. The van der Waals surface area contributed by atoms with E-state index in [0.29, 0.717) is 11.7 Å². The molecular formula is C17H27ClN4O2. The summed E-state index contributed by atoms with van der Waals surface area (Å²) in [6, 6.07) is 3.78. The average Bonchev–Trinajstić information content (AvgIpc) is 2.48. The highest BCUT2D eigenvalue weighted by atomic mass is 35.5. The van der Waals surface area contributed by atoms with Crippen molar-refractivity contribution in [1.82, 2.24) is 20.0 Å². The fourth-order valence-electron chi connectivity index (χ4n) is 2.88. The molecule has 1 fully saturated rings. The summed E-state index contributed by atoms with van der Waals surface area (Å²) in [5, 5.41) is 8.35. The van der Waals surface area contributed by atoms with Crippen LogP contribution in [0.5, 0.6) is 0 Å². The summed E-state index contributed by atoms with van der Waals surface area (Å²) >= 11 is 5.77. The molecule has 1 aromatic heterocycles. The van der Waals surface area contributed by atoms with E-state index in [1.165, 1.54) is 0 Å². The molecule has 0 saturated carbocycles. The number of likely N-dealkylation sites (tertiary alicyclic amines) is 1. The maximum atomic E-state index is 12.4. The topological polar surface area (TPSA) is 58.6 Å². The minimum absolute atomic E-state index is 0.166. The van der Waals surface area contributed by atoms with Crippen molar-refractivity contribution in [3.8, 4) is 0 Å². The van der Waals surface area contributed by atoms with Crippen LogP contribution >= 0.6 is 11.6 Å². The second kappa shape index (κ2) is 8.12. The molecule has 1 amide bonds. The maximum absolute atomic E-state index is 12.4. The van der Waals surface area contributed by atoms with E-state index in [0.717, 1.165) is 38.0 Å². The normalized spacial score (nSPS) is 18.8. The van der Waals surface area contributed by atoms with Gasteiger partial charge in [0.25, 0.3) is 0 Å². The van der Waals surface area contributed by atoms with Gasteiger partial charge in [0.1, 0.15) is 5.60 Å². The van der Waals surface area contributed by atoms with Crippen molar-refractivity contribution in [3.63, 3.8) is 0 Å². The molecule has 2 rings (SSSR count). The van der Waals surface area contributed by atoms with Crippen LogP contribution in [0.25, 0.3) is 0 Å². The van der Waals surface area contributed by atoms with Crippen molar-refractivity contribution in [2.75, 3.05) is 20.1 Å². The lowest BCUT2D eigenvalue weighted by Gasteiger charge is -2.38. The van der Waals surface area contributed by atoms with Gasteiger partial charge in [0, 0.05) is 25.7 Å². The van der Waals surface area contributed by atoms with Crippen LogP contribution in [0.1, 0.15) is 45.7 Å². The second-order valence-corrected chi connectivity index (χ2v) is 7.75. The van der Waals surface area contributed by atoms with Gasteiger partial charge in [-0.1, -0.05) is 11.6 Å². The number of aromatic nitrogens is 2. The summed E-state index contributed by atoms with van der Waals surface area (Å²) in [6.45, 7) is 7.90. The van der Waals surface area contributed by atoms with Gasteiger partial charge in [0.2, 0.25) is 0 Å². The SMILES string of the molecule is CN(Cc1ccc(Cl)nn1)C[C@@H]1CCCCN1C(=O)OC(C)(C)C. The molecule has 0 bridgehead atoms. The summed E-state index contributed by atoms with van der Waals surface area (Å²) in [4.78, 5) is 16.5. The number of ether oxygens (including phenoxy) is 1. The molecule has 0 aromatic carbocycles. The molecular weight excluding hydrogens is 328 g/mol. The standard InChI is InChI=1S/C17H27ClN4O2/c1-17(2,3)24-16(23)22-10-6-5-7-14(22)12-21(4)11-13-8-9-15(18)20-19-13/h8-9,14H,5-7,10-12H2,1-4H3/t14-/m0/s1. The highest BCUT2D eigenvalue weighted by Gasteiger charge is 2.31. The molecule has 1 saturated heterocycles. The first-order valence-electron chi connectivity index (χ1n) is 8.41. The van der Waals surface area contributed by atoms with Crippen molar-refractivity contribution in [1.29, 1.82) is 0 Å². The number of hydrogen-bond acceptors (Lipinski definition) is 5. The Bertz CT molecular complexity index is 545. The molecule has 1 aromatic rings. The Kier molecular flexibility index (Phi) is 6.40. The molecule has 24 heavy (non-hydrogen) atoms. The minimum atomic E-state index is -0.468. The van der Waals surface area contributed by atoms with E-state index < -0.39 is 5.60 Å². The van der Waals surface area contributed by atoms with Crippen LogP contribution in [-0.2, 0) is 11.3 Å². The van der Waals surface area contributed by atoms with Crippen LogP contribution < -0.4 is 0 Å². The molecule has 0 aliphatic carbocycles. The third-order valence-corrected chi connectivity index (χ3v) is 4.10. The van der Waals surface area contributed by atoms with Gasteiger partial charge in [-0.2, -0.15) is 5.10 Å². The summed E-state index contributed by atoms with van der Waals surface area (Å²) in [7, 11) is 2.03. The second-order valence-electron chi connectivity index (χ2n) is 7.37. The zero-order valence-corrected chi connectivity index (χ0v) is 15.7. The molecule has 2 heterocycles. The van der Waals surface area contributed by atoms with E-state index in [1.54, 1.807) is 6.07 Å². The quantitative estimate of drug-likeness (QED) is 0.829. The molecule has 0 unspecified atom stereocenters. The number of nitrogens with zero attached hydrogens (tertiary/aromatic N) is 4. The molecule has 0 radical (unpaired) electrons. The first-order chi connectivity index (χ1) is 11.2. The summed E-state index contributed by atoms with van der Waals surface area (Å²) in [5.74, 6) is 0. The van der Waals surface area contributed by atoms with Crippen LogP contribution in [0.4, 0.5) is 4.79 Å². The Morgan fingerprint density at radius 3 is 2.75 bits per heavy atom. The smallest absolute Gasteiger partial charge is 0.410 e. The highest BCUT2D eigenvalue weighted by molar-refractivity contribution is 6.29. The van der Waals surface area contributed by atoms with Gasteiger partial charge in [-0.25, -0.2) is 4.79 Å². The zero-order chi connectivity index (χ0) is 17.7. The Morgan fingerprint density at radius 1 is 1.38 bits per heavy atom. The van der Waals surface area contributed by atoms with Crippen molar-refractivity contribution in [2.24, 2.45) is 0 Å². The van der Waals surface area contributed by atoms with Crippen LogP contribution in [0.15, 0.2) is 12.1 Å². The number of halogens is 1. The van der Waals surface area contributed by atoms with Crippen molar-refractivity contribution in [3.05, 3.63) is 23.0 Å². The van der Waals surface area contributed by atoms with E-state index >= 15 is 0 Å². The van der Waals surface area contributed by atoms with E-state index in [9.17, 15) is 4.79 Å². The fourth-order valence-corrected chi connectivity index (χ4v) is 2.98. The Balaban J connectivity index is 1.94. The lowest BCUT2D eigenvalue weighted by Crippen LogP contribution is -2.50. The van der Waals surface area contributed by atoms with Gasteiger partial charge in [-0.05, 0) is 59.2 Å². The highest BCUT2D eigenvalue weighted by Crippen LogP contribution is 2.21. The monoisotopic (exact) mass is 354 g/mol. The van der Waals surface area contributed by atoms with Gasteiger partial charge in [-0.3, -0.25) is 4.90 Å². The van der Waals surface area contributed by atoms with Crippen LogP contribution in [0.2, 0.25) is 5.15 Å². The molecule has 1 aliphatic rings. The first-order valence-corrected chi connectivity index (χ1v) is 8.78. The van der Waals surface area contributed by atoms with Gasteiger partial charge >= 0.3 is 6.09 Å². The molecule has 1 aliphatic heterocycles. The number of hydrogen-bond donors (Lipinski definition) is 0. The van der Waals surface area contributed by atoms with Gasteiger partial charge in [0.15, 0.2) is 5.15 Å². The van der Waals surface area contributed by atoms with Crippen LogP contribution in [-0.4, -0.2) is 57.9 Å². The predicted octanol–water partition coefficient (Wildman–Crippen LogP) is 3.35. The summed E-state index contributed by atoms with van der Waals surface area (Å²) < 4.78 is 5.55. The summed E-state index contributed by atoms with van der Waals surface area (Å²) in [6.07, 6.45) is 2.95. The van der Waals surface area contributed by atoms with Crippen molar-refractivity contribution < 1.29 is 9.53 Å². The zero-order valence-electron chi connectivity index (χ0n) is 15.0. The molecule has 0 spiro atoms. The minimum Gasteiger partial charge on any atom is -0.444 e. The number of likely N-dealkylation sites (N-methyl/N-ethyl adjacent to an activating group) is 1. The van der Waals surface area contributed by atoms with Gasteiger partial charge in [0.05, 0.1) is 5.69 Å². The van der Waals surface area contributed by atoms with Crippen molar-refractivity contribution in [2.45, 2.75) is 58.2 Å². The van der Waals surface area contributed by atoms with E-state index in [1.807, 2.05) is 38.8 Å². The van der Waals surface area contributed by atoms with E-state index in [-0.39, 0.29) is 12.1 Å². The van der Waals surface area contributed by atoms with E-state index in [4.69, 9.17) is 16.3 Å². The van der Waals surface area contributed by atoms with Gasteiger partial charge in [-0.15, -0.1) is 5.10 Å². The molecule has 6 nitrogen and oxygen atoms in total. The molecule has 134 valence electrons. The molecule has 0 N–H and O–H groups in total. The van der Waals surface area contributed by atoms with Crippen molar-refractivity contribution >= 4 is 17.7 Å². The third kappa shape index (κ3) is 5.91. The number of piperidine rings is 1. The third-order valence-electron chi connectivity index (χ3n) is 3.90. The predicted molar refractivity (Wildman–Crippen MR) is 94.0 cm³/mol. The lowest BCUT2D eigenvalue weighted by atomic mass is 10.0. The molecule has 1 atom stereocenters. The Morgan fingerprint density at radius 2 is 2.12 bits per heavy atom. The van der Waals surface area contributed by atoms with Gasteiger partial charge < -0.3 is 9.64 Å². The van der Waals surface area contributed by atoms with Crippen LogP contribution in [0.3, 0.4) is 0 Å².